The van der Waals surface area contributed by atoms with Gasteiger partial charge in [0, 0.05) is 24.5 Å². The molecule has 2 aromatic rings. The summed E-state index contributed by atoms with van der Waals surface area (Å²) >= 11 is 0. The van der Waals surface area contributed by atoms with Gasteiger partial charge in [0.05, 0.1) is 18.2 Å². The zero-order valence-electron chi connectivity index (χ0n) is 15.8. The molecular formula is C22H20NO6-. The summed E-state index contributed by atoms with van der Waals surface area (Å²) in [4.78, 5) is 37.4. The first-order chi connectivity index (χ1) is 13.9. The molecule has 0 aliphatic carbocycles. The Labute approximate surface area is 167 Å². The molecule has 0 bridgehead atoms. The first kappa shape index (κ1) is 20.1. The predicted octanol–water partition coefficient (Wildman–Crippen LogP) is 1.65. The molecule has 1 aliphatic heterocycles. The molecule has 7 heteroatoms. The van der Waals surface area contributed by atoms with Gasteiger partial charge in [0.15, 0.2) is 0 Å². The lowest BCUT2D eigenvalue weighted by molar-refractivity contribution is -0.305. The van der Waals surface area contributed by atoms with Crippen LogP contribution in [0.1, 0.15) is 30.5 Å². The summed E-state index contributed by atoms with van der Waals surface area (Å²) in [6.07, 6.45) is -0.425. The van der Waals surface area contributed by atoms with Crippen molar-refractivity contribution in [1.82, 2.24) is 4.90 Å². The molecule has 3 rings (SSSR count). The smallest absolute Gasteiger partial charge is 0.295 e. The Morgan fingerprint density at radius 2 is 1.76 bits per heavy atom. The van der Waals surface area contributed by atoms with Gasteiger partial charge < -0.3 is 24.6 Å². The molecule has 1 saturated heterocycles. The molecule has 1 amide bonds. The highest BCUT2D eigenvalue weighted by atomic mass is 16.5. The third-order valence-corrected chi connectivity index (χ3v) is 4.65. The summed E-state index contributed by atoms with van der Waals surface area (Å²) in [6.45, 7) is 2.12. The number of carboxylic acids is 1. The van der Waals surface area contributed by atoms with Crippen LogP contribution >= 0.6 is 0 Å². The van der Waals surface area contributed by atoms with Crippen molar-refractivity contribution in [3.8, 4) is 5.75 Å². The molecule has 0 radical (unpaired) electrons. The molecule has 0 unspecified atom stereocenters. The van der Waals surface area contributed by atoms with Crippen LogP contribution in [0.25, 0.3) is 5.76 Å². The molecule has 1 fully saturated rings. The second-order valence-electron chi connectivity index (χ2n) is 6.48. The van der Waals surface area contributed by atoms with Crippen molar-refractivity contribution in [3.63, 3.8) is 0 Å². The summed E-state index contributed by atoms with van der Waals surface area (Å²) < 4.78 is 5.42. The van der Waals surface area contributed by atoms with Crippen LogP contribution in [0.5, 0.6) is 5.75 Å². The Balaban J connectivity index is 2.10. The highest BCUT2D eigenvalue weighted by Crippen LogP contribution is 2.39. The average molecular weight is 394 g/mol. The van der Waals surface area contributed by atoms with Gasteiger partial charge >= 0.3 is 0 Å². The number of likely N-dealkylation sites (tertiary alicyclic amines) is 1. The number of rotatable bonds is 7. The van der Waals surface area contributed by atoms with E-state index in [2.05, 4.69) is 0 Å². The van der Waals surface area contributed by atoms with E-state index in [9.17, 15) is 24.6 Å². The number of benzene rings is 2. The van der Waals surface area contributed by atoms with Crippen molar-refractivity contribution in [1.29, 1.82) is 0 Å². The van der Waals surface area contributed by atoms with Crippen molar-refractivity contribution in [2.24, 2.45) is 0 Å². The van der Waals surface area contributed by atoms with Gasteiger partial charge in [-0.05, 0) is 24.6 Å². The van der Waals surface area contributed by atoms with Crippen LogP contribution in [-0.4, -0.2) is 40.8 Å². The van der Waals surface area contributed by atoms with E-state index in [1.807, 2.05) is 6.92 Å². The number of hydrogen-bond donors (Lipinski definition) is 1. The normalized spacial score (nSPS) is 18.1. The summed E-state index contributed by atoms with van der Waals surface area (Å²) in [5, 5.41) is 21.7. The van der Waals surface area contributed by atoms with Crippen LogP contribution in [0.15, 0.2) is 60.2 Å². The second kappa shape index (κ2) is 8.60. The molecule has 1 atom stereocenters. The van der Waals surface area contributed by atoms with E-state index in [1.165, 1.54) is 0 Å². The summed E-state index contributed by atoms with van der Waals surface area (Å²) in [6, 6.07) is 14.3. The monoisotopic (exact) mass is 394 g/mol. The van der Waals surface area contributed by atoms with E-state index in [0.717, 1.165) is 4.90 Å². The van der Waals surface area contributed by atoms with Crippen LogP contribution in [0, 0.1) is 0 Å². The fourth-order valence-electron chi connectivity index (χ4n) is 3.33. The third kappa shape index (κ3) is 4.13. The number of carbonyl (C=O) groups excluding carboxylic acids is 3. The number of Topliss-reactive ketones (excluding diaryl/α,β-unsaturated/α-hetero) is 1. The molecule has 0 spiro atoms. The summed E-state index contributed by atoms with van der Waals surface area (Å²) in [5.74, 6) is -2.74. The van der Waals surface area contributed by atoms with Crippen molar-refractivity contribution in [2.45, 2.75) is 19.4 Å². The topological polar surface area (TPSA) is 107 Å². The first-order valence-corrected chi connectivity index (χ1v) is 9.20. The Morgan fingerprint density at radius 1 is 1.10 bits per heavy atom. The minimum atomic E-state index is -1.33. The van der Waals surface area contributed by atoms with Gasteiger partial charge in [-0.15, -0.1) is 0 Å². The number of amides is 1. The van der Waals surface area contributed by atoms with Gasteiger partial charge in [-0.3, -0.25) is 9.59 Å². The van der Waals surface area contributed by atoms with Crippen LogP contribution in [0.3, 0.4) is 0 Å². The summed E-state index contributed by atoms with van der Waals surface area (Å²) in [5.41, 5.74) is 0.869. The van der Waals surface area contributed by atoms with Gasteiger partial charge in [-0.1, -0.05) is 42.5 Å². The maximum Gasteiger partial charge on any atom is 0.295 e. The minimum Gasteiger partial charge on any atom is -0.550 e. The standard InChI is InChI=1S/C22H21NO6/c1-2-29-16-10-8-14(9-11-16)19-18(20(26)15-6-4-3-5-7-15)21(27)22(28)23(19)13-12-17(24)25/h3-11,19,26H,2,12-13H2,1H3,(H,24,25)/p-1/t19-/m0/s1. The van der Waals surface area contributed by atoms with Crippen molar-refractivity contribution >= 4 is 23.4 Å². The fraction of sp³-hybridized carbons (Fsp3) is 0.227. The van der Waals surface area contributed by atoms with Gasteiger partial charge in [-0.2, -0.15) is 0 Å². The van der Waals surface area contributed by atoms with Crippen LogP contribution in [0.4, 0.5) is 0 Å². The molecule has 150 valence electrons. The molecule has 1 heterocycles. The number of nitrogens with zero attached hydrogens (tertiary/aromatic N) is 1. The molecule has 1 aliphatic rings. The number of ether oxygens (including phenoxy) is 1. The van der Waals surface area contributed by atoms with E-state index in [0.29, 0.717) is 23.5 Å². The Hall–Kier alpha value is -3.61. The van der Waals surface area contributed by atoms with Crippen LogP contribution in [-0.2, 0) is 14.4 Å². The average Bonchev–Trinajstić information content (AvgIpc) is 2.98. The van der Waals surface area contributed by atoms with E-state index in [4.69, 9.17) is 4.74 Å². The Morgan fingerprint density at radius 3 is 2.34 bits per heavy atom. The lowest BCUT2D eigenvalue weighted by Crippen LogP contribution is -2.34. The number of aliphatic hydroxyl groups is 1. The van der Waals surface area contributed by atoms with Crippen molar-refractivity contribution in [3.05, 3.63) is 71.3 Å². The molecule has 0 aromatic heterocycles. The van der Waals surface area contributed by atoms with Gasteiger partial charge in [0.25, 0.3) is 11.7 Å². The van der Waals surface area contributed by atoms with Gasteiger partial charge in [-0.25, -0.2) is 0 Å². The maximum absolute atomic E-state index is 12.7. The van der Waals surface area contributed by atoms with Gasteiger partial charge in [0.2, 0.25) is 0 Å². The number of carbonyl (C=O) groups is 3. The molecule has 0 saturated carbocycles. The first-order valence-electron chi connectivity index (χ1n) is 9.20. The Bertz CT molecular complexity index is 949. The van der Waals surface area contributed by atoms with E-state index in [-0.39, 0.29) is 17.9 Å². The molecule has 1 N–H and O–H groups in total. The van der Waals surface area contributed by atoms with Crippen LogP contribution in [0.2, 0.25) is 0 Å². The fourth-order valence-corrected chi connectivity index (χ4v) is 3.33. The minimum absolute atomic E-state index is 0.0799. The van der Waals surface area contributed by atoms with Gasteiger partial charge in [0.1, 0.15) is 11.5 Å². The number of hydrogen-bond acceptors (Lipinski definition) is 6. The predicted molar refractivity (Wildman–Crippen MR) is 103 cm³/mol. The van der Waals surface area contributed by atoms with E-state index in [1.54, 1.807) is 54.6 Å². The Kier molecular flexibility index (Phi) is 5.97. The van der Waals surface area contributed by atoms with E-state index < -0.39 is 30.1 Å². The zero-order chi connectivity index (χ0) is 21.0. The second-order valence-corrected chi connectivity index (χ2v) is 6.48. The molecule has 7 nitrogen and oxygen atoms in total. The molecule has 2 aromatic carbocycles. The maximum atomic E-state index is 12.7. The lowest BCUT2D eigenvalue weighted by Gasteiger charge is -2.25. The molecular weight excluding hydrogens is 374 g/mol. The number of aliphatic hydroxyl groups excluding tert-OH is 1. The van der Waals surface area contributed by atoms with Crippen LogP contribution < -0.4 is 9.84 Å². The highest BCUT2D eigenvalue weighted by molar-refractivity contribution is 6.46. The largest absolute Gasteiger partial charge is 0.550 e. The van der Waals surface area contributed by atoms with Crippen molar-refractivity contribution in [2.75, 3.05) is 13.2 Å². The van der Waals surface area contributed by atoms with Crippen molar-refractivity contribution < 1.29 is 29.3 Å². The number of carboxylic acid groups (broad SMARTS) is 1. The lowest BCUT2D eigenvalue weighted by atomic mass is 9.95. The number of ketones is 1. The molecule has 29 heavy (non-hydrogen) atoms. The number of aliphatic carboxylic acids is 1. The quantitative estimate of drug-likeness (QED) is 0.435. The SMILES string of the molecule is CCOc1ccc([C@H]2C(=C(O)c3ccccc3)C(=O)C(=O)N2CCC(=O)[O-])cc1. The highest BCUT2D eigenvalue weighted by Gasteiger charge is 2.45. The third-order valence-electron chi connectivity index (χ3n) is 4.65. The van der Waals surface area contributed by atoms with E-state index >= 15 is 0 Å². The zero-order valence-corrected chi connectivity index (χ0v) is 15.8. The summed E-state index contributed by atoms with van der Waals surface area (Å²) in [7, 11) is 0.